The lowest BCUT2D eigenvalue weighted by atomic mass is 9.93. The Balaban J connectivity index is 1.34. The Morgan fingerprint density at radius 2 is 1.62 bits per heavy atom. The summed E-state index contributed by atoms with van der Waals surface area (Å²) in [6.45, 7) is 1.17. The topological polar surface area (TPSA) is 82.6 Å². The molecule has 0 spiro atoms. The number of amides is 1. The predicted molar refractivity (Wildman–Crippen MR) is 184 cm³/mol. The van der Waals surface area contributed by atoms with E-state index in [1.807, 2.05) is 35.2 Å². The third kappa shape index (κ3) is 7.29. The number of carbonyl (C=O) groups excluding carboxylic acids is 1. The van der Waals surface area contributed by atoms with E-state index in [1.54, 1.807) is 4.90 Å². The fourth-order valence-corrected chi connectivity index (χ4v) is 8.51. The van der Waals surface area contributed by atoms with Crippen molar-refractivity contribution in [3.63, 3.8) is 0 Å². The van der Waals surface area contributed by atoms with Crippen LogP contribution in [0, 0.1) is 0 Å². The Labute approximate surface area is 297 Å². The quantitative estimate of drug-likeness (QED) is 0.186. The summed E-state index contributed by atoms with van der Waals surface area (Å²) in [6.07, 6.45) is -5.24. The number of benzene rings is 3. The average Bonchev–Trinajstić information content (AvgIpc) is 3.69. The smallest absolute Gasteiger partial charge is 0.342 e. The van der Waals surface area contributed by atoms with Crippen LogP contribution < -0.4 is 5.32 Å². The minimum atomic E-state index is -4.66. The third-order valence-electron chi connectivity index (χ3n) is 10.7. The Morgan fingerprint density at radius 3 is 2.25 bits per heavy atom. The van der Waals surface area contributed by atoms with Crippen molar-refractivity contribution in [2.24, 2.45) is 0 Å². The van der Waals surface area contributed by atoms with Crippen LogP contribution in [0.4, 0.5) is 26.3 Å². The number of nitrogens with one attached hydrogen (secondary N) is 1. The van der Waals surface area contributed by atoms with Crippen molar-refractivity contribution < 1.29 is 39.6 Å². The van der Waals surface area contributed by atoms with E-state index in [2.05, 4.69) is 5.32 Å². The van der Waals surface area contributed by atoms with Gasteiger partial charge in [0, 0.05) is 35.4 Å². The van der Waals surface area contributed by atoms with Gasteiger partial charge in [0.05, 0.1) is 32.8 Å². The summed E-state index contributed by atoms with van der Waals surface area (Å²) in [5.41, 5.74) is 0.206. The van der Waals surface area contributed by atoms with E-state index in [4.69, 9.17) is 4.98 Å². The molecule has 1 N–H and O–H groups in total. The number of nitrogens with zero attached hydrogens (tertiary/aromatic N) is 3. The van der Waals surface area contributed by atoms with Gasteiger partial charge in [-0.25, -0.2) is 13.4 Å². The second kappa shape index (κ2) is 13.4. The minimum Gasteiger partial charge on any atom is -0.342 e. The number of likely N-dealkylation sites (tertiary alicyclic amines) is 2. The van der Waals surface area contributed by atoms with Crippen LogP contribution in [-0.2, 0) is 28.1 Å². The van der Waals surface area contributed by atoms with Gasteiger partial charge in [-0.2, -0.15) is 26.3 Å². The van der Waals surface area contributed by atoms with E-state index in [0.717, 1.165) is 24.0 Å². The highest BCUT2D eigenvalue weighted by molar-refractivity contribution is 7.90. The molecule has 0 bridgehead atoms. The average molecular weight is 745 g/mol. The van der Waals surface area contributed by atoms with Gasteiger partial charge in [-0.05, 0) is 94.1 Å². The highest BCUT2D eigenvalue weighted by atomic mass is 32.2. The second-order valence-corrected chi connectivity index (χ2v) is 16.2. The number of sulfone groups is 1. The van der Waals surface area contributed by atoms with Gasteiger partial charge in [0.2, 0.25) is 0 Å². The molecule has 7 nitrogen and oxygen atoms in total. The van der Waals surface area contributed by atoms with Gasteiger partial charge in [0.1, 0.15) is 6.04 Å². The standard InChI is InChI=1S/C38H38F6N4O3S/c1-52(50,51)28-12-13-31-29(22-28)33(35(49)46-36(16-17-36)25-8-3-2-4-9-25)30(34(45-31)24-7-5-10-26(21-24)37(39,40)41)23-47-19-14-27(15-20-47)48-18-6-11-32(48)38(42,43)44/h2-5,7-10,12-13,21-22,27,32H,6,11,14-20,23H2,1H3,(H,46,49). The van der Waals surface area contributed by atoms with Gasteiger partial charge in [-0.3, -0.25) is 14.6 Å². The number of hydrogen-bond donors (Lipinski definition) is 1. The Bertz CT molecular complexity index is 2090. The summed E-state index contributed by atoms with van der Waals surface area (Å²) in [6, 6.07) is 16.5. The molecule has 1 aliphatic carbocycles. The summed E-state index contributed by atoms with van der Waals surface area (Å²) >= 11 is 0. The molecule has 3 aliphatic rings. The van der Waals surface area contributed by atoms with Crippen molar-refractivity contribution in [3.8, 4) is 11.3 Å². The Morgan fingerprint density at radius 1 is 0.904 bits per heavy atom. The molecule has 2 saturated heterocycles. The summed E-state index contributed by atoms with van der Waals surface area (Å²) in [4.78, 5) is 22.9. The fourth-order valence-electron chi connectivity index (χ4n) is 7.87. The van der Waals surface area contributed by atoms with Gasteiger partial charge in [0.15, 0.2) is 9.84 Å². The van der Waals surface area contributed by atoms with Crippen molar-refractivity contribution >= 4 is 26.6 Å². The lowest BCUT2D eigenvalue weighted by molar-refractivity contribution is -0.182. The Kier molecular flexibility index (Phi) is 9.40. The second-order valence-electron chi connectivity index (χ2n) is 14.2. The van der Waals surface area contributed by atoms with Crippen LogP contribution in [0.1, 0.15) is 65.6 Å². The largest absolute Gasteiger partial charge is 0.416 e. The molecule has 52 heavy (non-hydrogen) atoms. The zero-order valence-electron chi connectivity index (χ0n) is 28.4. The summed E-state index contributed by atoms with van der Waals surface area (Å²) in [5, 5.41) is 3.41. The van der Waals surface area contributed by atoms with E-state index >= 15 is 0 Å². The first-order chi connectivity index (χ1) is 24.5. The lowest BCUT2D eigenvalue weighted by Gasteiger charge is -2.40. The van der Waals surface area contributed by atoms with E-state index in [1.165, 1.54) is 30.3 Å². The van der Waals surface area contributed by atoms with Crippen LogP contribution in [0.5, 0.6) is 0 Å². The third-order valence-corrected chi connectivity index (χ3v) is 11.8. The van der Waals surface area contributed by atoms with Crippen LogP contribution in [0.25, 0.3) is 22.2 Å². The fraction of sp³-hybridized carbons (Fsp3) is 0.421. The lowest BCUT2D eigenvalue weighted by Crippen LogP contribution is -2.50. The Hall–Kier alpha value is -4.01. The van der Waals surface area contributed by atoms with Crippen LogP contribution in [-0.4, -0.2) is 73.3 Å². The predicted octanol–water partition coefficient (Wildman–Crippen LogP) is 7.73. The minimum absolute atomic E-state index is 0.0497. The van der Waals surface area contributed by atoms with Crippen molar-refractivity contribution in [1.29, 1.82) is 0 Å². The van der Waals surface area contributed by atoms with Crippen molar-refractivity contribution in [3.05, 3.63) is 95.1 Å². The molecule has 1 saturated carbocycles. The number of piperidine rings is 1. The number of hydrogen-bond acceptors (Lipinski definition) is 6. The van der Waals surface area contributed by atoms with Crippen LogP contribution in [0.2, 0.25) is 0 Å². The highest BCUT2D eigenvalue weighted by Gasteiger charge is 2.49. The van der Waals surface area contributed by atoms with E-state index in [-0.39, 0.29) is 51.6 Å². The van der Waals surface area contributed by atoms with Gasteiger partial charge < -0.3 is 5.32 Å². The monoisotopic (exact) mass is 744 g/mol. The molecule has 0 radical (unpaired) electrons. The summed E-state index contributed by atoms with van der Waals surface area (Å²) < 4.78 is 109. The first kappa shape index (κ1) is 36.4. The molecule has 4 aromatic rings. The summed E-state index contributed by atoms with van der Waals surface area (Å²) in [5.74, 6) is -0.525. The van der Waals surface area contributed by atoms with Gasteiger partial charge in [-0.1, -0.05) is 42.5 Å². The normalized spacial score (nSPS) is 20.3. The molecular formula is C38H38F6N4O3S. The van der Waals surface area contributed by atoms with E-state index in [0.29, 0.717) is 57.3 Å². The van der Waals surface area contributed by atoms with Gasteiger partial charge in [0.25, 0.3) is 5.91 Å². The number of halogens is 6. The summed E-state index contributed by atoms with van der Waals surface area (Å²) in [7, 11) is -3.74. The maximum atomic E-state index is 14.7. The maximum absolute atomic E-state index is 14.7. The zero-order valence-corrected chi connectivity index (χ0v) is 29.2. The molecule has 7 rings (SSSR count). The SMILES string of the molecule is CS(=O)(=O)c1ccc2nc(-c3cccc(C(F)(F)F)c3)c(CN3CCC(N4CCCC4C(F)(F)F)CC3)c(C(=O)NC3(c4ccccc4)CC3)c2c1. The highest BCUT2D eigenvalue weighted by Crippen LogP contribution is 2.46. The van der Waals surface area contributed by atoms with E-state index < -0.39 is 45.2 Å². The molecule has 1 unspecified atom stereocenters. The molecule has 2 aliphatic heterocycles. The molecule has 1 aromatic heterocycles. The first-order valence-electron chi connectivity index (χ1n) is 17.3. The van der Waals surface area contributed by atoms with Crippen molar-refractivity contribution in [2.45, 2.75) is 79.9 Å². The molecule has 1 atom stereocenters. The molecular weight excluding hydrogens is 706 g/mol. The molecule has 14 heteroatoms. The number of fused-ring (bicyclic) bond motifs is 1. The van der Waals surface area contributed by atoms with Crippen LogP contribution in [0.15, 0.2) is 77.7 Å². The van der Waals surface area contributed by atoms with Crippen molar-refractivity contribution in [1.82, 2.24) is 20.1 Å². The number of pyridine rings is 1. The van der Waals surface area contributed by atoms with Gasteiger partial charge >= 0.3 is 12.4 Å². The molecule has 276 valence electrons. The maximum Gasteiger partial charge on any atom is 0.416 e. The number of carbonyl (C=O) groups is 1. The zero-order chi connectivity index (χ0) is 37.1. The molecule has 1 amide bonds. The number of alkyl halides is 6. The van der Waals surface area contributed by atoms with Crippen molar-refractivity contribution in [2.75, 3.05) is 25.9 Å². The van der Waals surface area contributed by atoms with Crippen LogP contribution >= 0.6 is 0 Å². The van der Waals surface area contributed by atoms with Crippen LogP contribution in [0.3, 0.4) is 0 Å². The number of aromatic nitrogens is 1. The van der Waals surface area contributed by atoms with Gasteiger partial charge in [-0.15, -0.1) is 0 Å². The first-order valence-corrected chi connectivity index (χ1v) is 19.2. The van der Waals surface area contributed by atoms with E-state index in [9.17, 15) is 39.6 Å². The molecule has 3 fully saturated rings. The molecule has 3 heterocycles. The number of rotatable bonds is 8. The molecule has 3 aromatic carbocycles.